The van der Waals surface area contributed by atoms with E-state index < -0.39 is 40.3 Å². The smallest absolute Gasteiger partial charge is 0.380 e. The zero-order valence-electron chi connectivity index (χ0n) is 35.0. The van der Waals surface area contributed by atoms with Gasteiger partial charge in [-0.15, -0.1) is 11.8 Å². The Morgan fingerprint density at radius 3 is 2.14 bits per heavy atom. The highest BCUT2D eigenvalue weighted by atomic mass is 35.5. The van der Waals surface area contributed by atoms with Crippen molar-refractivity contribution in [3.05, 3.63) is 119 Å². The molecule has 2 fully saturated rings. The van der Waals surface area contributed by atoms with E-state index >= 15 is 0 Å². The summed E-state index contributed by atoms with van der Waals surface area (Å²) in [4.78, 5) is 19.6. The first kappa shape index (κ1) is 47.3. The SMILES string of the molecule is O=C(NS(=O)(=O)c1ccc(N[C@H](CCN2CCCC2)CSc2ccccc2)c(S(=O)(=O)C(F)(F)Cl)c1)c1ccc(N2CCN(CC3=C(c4ccc(Cl)cc4)CCCCC3)CC2)cc1. The molecule has 0 spiro atoms. The number of nitrogens with one attached hydrogen (secondary N) is 2. The summed E-state index contributed by atoms with van der Waals surface area (Å²) in [6.45, 7) is 6.72. The Morgan fingerprint density at radius 1 is 0.778 bits per heavy atom. The number of likely N-dealkylation sites (tertiary alicyclic amines) is 1. The van der Waals surface area contributed by atoms with Crippen molar-refractivity contribution in [2.24, 2.45) is 0 Å². The molecule has 4 aromatic rings. The number of alkyl halides is 3. The maximum Gasteiger partial charge on any atom is 0.427 e. The Hall–Kier alpha value is -3.70. The van der Waals surface area contributed by atoms with Crippen LogP contribution in [-0.2, 0) is 19.9 Å². The molecule has 17 heteroatoms. The summed E-state index contributed by atoms with van der Waals surface area (Å²) in [5.41, 5.74) is 4.87. The lowest BCUT2D eigenvalue weighted by molar-refractivity contribution is 0.0981. The highest BCUT2D eigenvalue weighted by Crippen LogP contribution is 2.38. The first-order valence-electron chi connectivity index (χ1n) is 21.4. The summed E-state index contributed by atoms with van der Waals surface area (Å²) in [7, 11) is -10.3. The lowest BCUT2D eigenvalue weighted by Gasteiger charge is -2.37. The molecule has 4 aromatic carbocycles. The number of sulfone groups is 1. The Labute approximate surface area is 384 Å². The van der Waals surface area contributed by atoms with E-state index in [4.69, 9.17) is 23.2 Å². The van der Waals surface area contributed by atoms with Crippen LogP contribution in [0.2, 0.25) is 5.02 Å². The Morgan fingerprint density at radius 2 is 1.46 bits per heavy atom. The van der Waals surface area contributed by atoms with Gasteiger partial charge in [-0.1, -0.05) is 53.9 Å². The van der Waals surface area contributed by atoms with Crippen LogP contribution in [0.4, 0.5) is 20.2 Å². The molecular weight excluding hydrogens is 908 g/mol. The largest absolute Gasteiger partial charge is 0.427 e. The minimum absolute atomic E-state index is 0.0474. The van der Waals surface area contributed by atoms with Gasteiger partial charge >= 0.3 is 4.71 Å². The molecule has 338 valence electrons. The number of thioether (sulfide) groups is 1. The summed E-state index contributed by atoms with van der Waals surface area (Å²) >= 11 is 12.8. The average molecular weight is 961 g/mol. The number of allylic oxidation sites excluding steroid dienone is 1. The quantitative estimate of drug-likeness (QED) is 0.0783. The predicted octanol–water partition coefficient (Wildman–Crippen LogP) is 9.62. The summed E-state index contributed by atoms with van der Waals surface area (Å²) in [5, 5.41) is 3.85. The number of anilines is 2. The summed E-state index contributed by atoms with van der Waals surface area (Å²) in [6.07, 6.45) is 8.44. The second-order valence-electron chi connectivity index (χ2n) is 16.3. The van der Waals surface area contributed by atoms with Gasteiger partial charge in [0.25, 0.3) is 25.8 Å². The van der Waals surface area contributed by atoms with Crippen molar-refractivity contribution in [3.63, 3.8) is 0 Å². The van der Waals surface area contributed by atoms with E-state index in [2.05, 4.69) is 32.1 Å². The van der Waals surface area contributed by atoms with Crippen LogP contribution < -0.4 is 14.9 Å². The molecular formula is C46H53Cl2F2N5O5S3. The molecule has 3 aliphatic rings. The van der Waals surface area contributed by atoms with Crippen molar-refractivity contribution < 1.29 is 30.4 Å². The standard InChI is InChI=1S/C46H53Cl2F2N5O5S3/c47-37-17-13-34(14-18-37)42-12-6-1-3-9-36(42)32-54-27-29-55(30-28-54)39-19-15-35(16-20-39)45(56)52-63(59,60)41-21-22-43(44(31-41)62(57,58)46(48,49)50)51-38(23-26-53-24-7-8-25-53)33-61-40-10-4-2-5-11-40/h2,4-5,10-11,13-22,31,38,51H,1,3,6-9,12,23-30,32-33H2,(H,52,56)/t38-/m1/s1. The maximum absolute atomic E-state index is 14.6. The van der Waals surface area contributed by atoms with Crippen LogP contribution >= 0.6 is 35.0 Å². The van der Waals surface area contributed by atoms with Crippen LogP contribution in [0.5, 0.6) is 0 Å². The fourth-order valence-electron chi connectivity index (χ4n) is 8.43. The molecule has 2 aliphatic heterocycles. The van der Waals surface area contributed by atoms with Crippen LogP contribution in [-0.4, -0.2) is 101 Å². The molecule has 0 aromatic heterocycles. The van der Waals surface area contributed by atoms with Gasteiger partial charge in [0.15, 0.2) is 0 Å². The number of piperazine rings is 1. The molecule has 2 N–H and O–H groups in total. The van der Waals surface area contributed by atoms with Crippen molar-refractivity contribution in [1.29, 1.82) is 0 Å². The number of sulfonamides is 1. The molecule has 0 unspecified atom stereocenters. The fraction of sp³-hybridized carbons (Fsp3) is 0.413. The minimum Gasteiger partial charge on any atom is -0.380 e. The van der Waals surface area contributed by atoms with Crippen LogP contribution in [0, 0.1) is 0 Å². The van der Waals surface area contributed by atoms with E-state index in [0.717, 1.165) is 99.2 Å². The van der Waals surface area contributed by atoms with E-state index in [0.29, 0.717) is 24.8 Å². The van der Waals surface area contributed by atoms with Gasteiger partial charge in [-0.3, -0.25) is 9.69 Å². The summed E-state index contributed by atoms with van der Waals surface area (Å²) in [5.74, 6) is -0.501. The zero-order chi connectivity index (χ0) is 44.6. The summed E-state index contributed by atoms with van der Waals surface area (Å²) in [6, 6.07) is 26.7. The first-order chi connectivity index (χ1) is 30.2. The monoisotopic (exact) mass is 959 g/mol. The van der Waals surface area contributed by atoms with Crippen LogP contribution in [0.25, 0.3) is 5.57 Å². The highest BCUT2D eigenvalue weighted by molar-refractivity contribution is 7.99. The van der Waals surface area contributed by atoms with Crippen LogP contribution in [0.1, 0.15) is 67.3 Å². The highest BCUT2D eigenvalue weighted by Gasteiger charge is 2.46. The molecule has 2 heterocycles. The topological polar surface area (TPSA) is 119 Å². The average Bonchev–Trinajstić information content (AvgIpc) is 3.70. The van der Waals surface area contributed by atoms with Gasteiger partial charge in [-0.25, -0.2) is 21.6 Å². The van der Waals surface area contributed by atoms with E-state index in [1.807, 2.05) is 47.2 Å². The van der Waals surface area contributed by atoms with Gasteiger partial charge in [0.1, 0.15) is 0 Å². The van der Waals surface area contributed by atoms with Crippen molar-refractivity contribution in [3.8, 4) is 0 Å². The molecule has 1 amide bonds. The number of nitrogens with zero attached hydrogens (tertiary/aromatic N) is 3. The molecule has 1 aliphatic carbocycles. The van der Waals surface area contributed by atoms with Crippen molar-refractivity contribution in [2.45, 2.75) is 76.8 Å². The number of hydrogen-bond acceptors (Lipinski definition) is 10. The predicted molar refractivity (Wildman–Crippen MR) is 250 cm³/mol. The zero-order valence-corrected chi connectivity index (χ0v) is 38.9. The number of carbonyl (C=O) groups excluding carboxylic acids is 1. The molecule has 63 heavy (non-hydrogen) atoms. The lowest BCUT2D eigenvalue weighted by Crippen LogP contribution is -2.47. The summed E-state index contributed by atoms with van der Waals surface area (Å²) < 4.78 is 80.1. The van der Waals surface area contributed by atoms with Gasteiger partial charge in [-0.05, 0) is 148 Å². The normalized spacial score (nSPS) is 17.7. The van der Waals surface area contributed by atoms with Crippen molar-refractivity contribution >= 4 is 77.7 Å². The van der Waals surface area contributed by atoms with Crippen LogP contribution in [0.15, 0.2) is 117 Å². The second kappa shape index (κ2) is 21.1. The van der Waals surface area contributed by atoms with Gasteiger partial charge in [-0.2, -0.15) is 8.78 Å². The number of rotatable bonds is 17. The molecule has 0 radical (unpaired) electrons. The van der Waals surface area contributed by atoms with E-state index in [9.17, 15) is 30.4 Å². The molecule has 1 atom stereocenters. The van der Waals surface area contributed by atoms with Gasteiger partial charge in [0.05, 0.1) is 15.5 Å². The third-order valence-corrected chi connectivity index (χ3v) is 16.8. The molecule has 7 rings (SSSR count). The van der Waals surface area contributed by atoms with E-state index in [1.54, 1.807) is 12.1 Å². The van der Waals surface area contributed by atoms with Crippen molar-refractivity contribution in [2.75, 3.05) is 68.3 Å². The first-order valence-corrected chi connectivity index (χ1v) is 26.1. The number of benzene rings is 4. The molecule has 0 bridgehead atoms. The molecule has 0 saturated carbocycles. The number of halogens is 4. The second-order valence-corrected chi connectivity index (χ2v) is 22.2. The fourth-order valence-corrected chi connectivity index (χ4v) is 11.8. The maximum atomic E-state index is 14.6. The molecule has 10 nitrogen and oxygen atoms in total. The number of hydrogen-bond donors (Lipinski definition) is 2. The van der Waals surface area contributed by atoms with Crippen molar-refractivity contribution in [1.82, 2.24) is 14.5 Å². The van der Waals surface area contributed by atoms with Gasteiger partial charge in [0.2, 0.25) is 0 Å². The Balaban J connectivity index is 1.01. The lowest BCUT2D eigenvalue weighted by atomic mass is 9.95. The minimum atomic E-state index is -5.60. The Bertz CT molecular complexity index is 2440. The van der Waals surface area contributed by atoms with Gasteiger partial charge in [0, 0.05) is 72.2 Å². The van der Waals surface area contributed by atoms with E-state index in [1.165, 1.54) is 59.9 Å². The third-order valence-electron chi connectivity index (χ3n) is 11.9. The number of carbonyl (C=O) groups is 1. The molecule has 2 saturated heterocycles. The number of amides is 1. The Kier molecular flexibility index (Phi) is 15.8. The van der Waals surface area contributed by atoms with Gasteiger partial charge < -0.3 is 15.1 Å². The van der Waals surface area contributed by atoms with E-state index in [-0.39, 0.29) is 17.3 Å². The third kappa shape index (κ3) is 12.4. The van der Waals surface area contributed by atoms with Crippen LogP contribution in [0.3, 0.4) is 0 Å².